The zero-order valence-electron chi connectivity index (χ0n) is 8.81. The highest BCUT2D eigenvalue weighted by Crippen LogP contribution is 2.12. The van der Waals surface area contributed by atoms with Gasteiger partial charge >= 0.3 is 0 Å². The summed E-state index contributed by atoms with van der Waals surface area (Å²) in [6, 6.07) is 6.96. The number of hydrogen-bond acceptors (Lipinski definition) is 3. The number of Topliss-reactive ketones (excluding diaryl/α,β-unsaturated/α-hetero) is 1. The van der Waals surface area contributed by atoms with Crippen molar-refractivity contribution in [3.05, 3.63) is 29.8 Å². The molecule has 82 valence electrons. The molecule has 0 bridgehead atoms. The third kappa shape index (κ3) is 4.13. The standard InChI is InChI=1S/C12H16O3/c1-9(13)12(15)4-2-3-10-5-7-11(14)8-6-10/h5-8,12,14-15H,2-4H2,1H3. The Labute approximate surface area is 89.4 Å². The Morgan fingerprint density at radius 1 is 1.33 bits per heavy atom. The van der Waals surface area contributed by atoms with Crippen LogP contribution in [0.5, 0.6) is 5.75 Å². The van der Waals surface area contributed by atoms with E-state index in [2.05, 4.69) is 0 Å². The molecule has 1 aromatic rings. The van der Waals surface area contributed by atoms with Crippen molar-refractivity contribution in [2.75, 3.05) is 0 Å². The molecule has 1 atom stereocenters. The fourth-order valence-corrected chi connectivity index (χ4v) is 1.37. The van der Waals surface area contributed by atoms with Crippen LogP contribution in [0, 0.1) is 0 Å². The highest BCUT2D eigenvalue weighted by molar-refractivity contribution is 5.79. The number of aromatic hydroxyl groups is 1. The topological polar surface area (TPSA) is 57.5 Å². The Morgan fingerprint density at radius 2 is 1.93 bits per heavy atom. The molecule has 0 aliphatic rings. The molecule has 3 nitrogen and oxygen atoms in total. The van der Waals surface area contributed by atoms with Crippen LogP contribution in [0.2, 0.25) is 0 Å². The molecule has 0 fully saturated rings. The highest BCUT2D eigenvalue weighted by atomic mass is 16.3. The van der Waals surface area contributed by atoms with Gasteiger partial charge in [-0.1, -0.05) is 12.1 Å². The second kappa shape index (κ2) is 5.51. The van der Waals surface area contributed by atoms with Crippen LogP contribution in [0.4, 0.5) is 0 Å². The van der Waals surface area contributed by atoms with E-state index in [1.54, 1.807) is 12.1 Å². The van der Waals surface area contributed by atoms with E-state index in [4.69, 9.17) is 5.11 Å². The minimum atomic E-state index is -0.831. The molecule has 0 spiro atoms. The van der Waals surface area contributed by atoms with Gasteiger partial charge in [0.1, 0.15) is 11.9 Å². The summed E-state index contributed by atoms with van der Waals surface area (Å²) in [6.07, 6.45) is 1.24. The number of rotatable bonds is 5. The first-order valence-electron chi connectivity index (χ1n) is 5.06. The molecule has 15 heavy (non-hydrogen) atoms. The highest BCUT2D eigenvalue weighted by Gasteiger charge is 2.08. The van der Waals surface area contributed by atoms with Crippen molar-refractivity contribution in [1.82, 2.24) is 0 Å². The van der Waals surface area contributed by atoms with Crippen molar-refractivity contribution in [2.24, 2.45) is 0 Å². The van der Waals surface area contributed by atoms with Crippen LogP contribution in [-0.4, -0.2) is 22.1 Å². The number of aliphatic hydroxyl groups excluding tert-OH is 1. The third-order valence-electron chi connectivity index (χ3n) is 2.35. The molecular formula is C12H16O3. The predicted octanol–water partition coefficient (Wildman–Crippen LogP) is 1.66. The molecule has 0 heterocycles. The molecule has 0 saturated heterocycles. The summed E-state index contributed by atoms with van der Waals surface area (Å²) in [5.41, 5.74) is 1.10. The Kier molecular flexibility index (Phi) is 4.31. The van der Waals surface area contributed by atoms with Crippen LogP contribution in [0.25, 0.3) is 0 Å². The van der Waals surface area contributed by atoms with Crippen molar-refractivity contribution in [1.29, 1.82) is 0 Å². The number of phenols is 1. The summed E-state index contributed by atoms with van der Waals surface area (Å²) >= 11 is 0. The van der Waals surface area contributed by atoms with Crippen molar-refractivity contribution in [3.8, 4) is 5.75 Å². The van der Waals surface area contributed by atoms with Gasteiger partial charge in [0.25, 0.3) is 0 Å². The first-order valence-corrected chi connectivity index (χ1v) is 5.06. The lowest BCUT2D eigenvalue weighted by Gasteiger charge is -2.06. The molecular weight excluding hydrogens is 192 g/mol. The first kappa shape index (κ1) is 11.7. The summed E-state index contributed by atoms with van der Waals surface area (Å²) in [6.45, 7) is 1.39. The fraction of sp³-hybridized carbons (Fsp3) is 0.417. The van der Waals surface area contributed by atoms with Crippen molar-refractivity contribution in [3.63, 3.8) is 0 Å². The molecule has 0 aliphatic carbocycles. The van der Waals surface area contributed by atoms with Gasteiger partial charge in [-0.25, -0.2) is 0 Å². The van der Waals surface area contributed by atoms with Gasteiger partial charge in [-0.2, -0.15) is 0 Å². The van der Waals surface area contributed by atoms with Gasteiger partial charge in [-0.05, 0) is 43.9 Å². The minimum Gasteiger partial charge on any atom is -0.508 e. The maximum Gasteiger partial charge on any atom is 0.158 e. The van der Waals surface area contributed by atoms with Crippen LogP contribution in [0.1, 0.15) is 25.3 Å². The van der Waals surface area contributed by atoms with E-state index in [0.29, 0.717) is 6.42 Å². The zero-order valence-corrected chi connectivity index (χ0v) is 8.81. The van der Waals surface area contributed by atoms with E-state index in [-0.39, 0.29) is 11.5 Å². The van der Waals surface area contributed by atoms with Crippen molar-refractivity contribution >= 4 is 5.78 Å². The number of hydrogen-bond donors (Lipinski definition) is 2. The molecule has 0 amide bonds. The average molecular weight is 208 g/mol. The number of aliphatic hydroxyl groups is 1. The van der Waals surface area contributed by atoms with Gasteiger partial charge in [-0.15, -0.1) is 0 Å². The maximum atomic E-state index is 10.7. The van der Waals surface area contributed by atoms with Crippen LogP contribution in [0.15, 0.2) is 24.3 Å². The van der Waals surface area contributed by atoms with E-state index in [1.165, 1.54) is 6.92 Å². The molecule has 3 heteroatoms. The van der Waals surface area contributed by atoms with E-state index < -0.39 is 6.10 Å². The Hall–Kier alpha value is -1.35. The molecule has 2 N–H and O–H groups in total. The van der Waals surface area contributed by atoms with E-state index in [0.717, 1.165) is 18.4 Å². The van der Waals surface area contributed by atoms with Crippen LogP contribution < -0.4 is 0 Å². The second-order valence-corrected chi connectivity index (χ2v) is 3.69. The molecule has 1 unspecified atom stereocenters. The molecule has 0 saturated carbocycles. The van der Waals surface area contributed by atoms with Gasteiger partial charge in [0, 0.05) is 0 Å². The first-order chi connectivity index (χ1) is 7.09. The van der Waals surface area contributed by atoms with E-state index in [9.17, 15) is 9.90 Å². The summed E-state index contributed by atoms with van der Waals surface area (Å²) in [5, 5.41) is 18.3. The van der Waals surface area contributed by atoms with Gasteiger partial charge in [0.2, 0.25) is 0 Å². The van der Waals surface area contributed by atoms with E-state index >= 15 is 0 Å². The molecule has 0 aliphatic heterocycles. The number of ketones is 1. The third-order valence-corrected chi connectivity index (χ3v) is 2.35. The summed E-state index contributed by atoms with van der Waals surface area (Å²) in [7, 11) is 0. The molecule has 1 aromatic carbocycles. The van der Waals surface area contributed by atoms with Crippen LogP contribution in [0.3, 0.4) is 0 Å². The maximum absolute atomic E-state index is 10.7. The number of aryl methyl sites for hydroxylation is 1. The zero-order chi connectivity index (χ0) is 11.3. The second-order valence-electron chi connectivity index (χ2n) is 3.69. The monoisotopic (exact) mass is 208 g/mol. The minimum absolute atomic E-state index is 0.180. The summed E-state index contributed by atoms with van der Waals surface area (Å²) in [4.78, 5) is 10.7. The van der Waals surface area contributed by atoms with Gasteiger partial charge in [0.15, 0.2) is 5.78 Å². The Morgan fingerprint density at radius 3 is 2.47 bits per heavy atom. The quantitative estimate of drug-likeness (QED) is 0.773. The normalized spacial score (nSPS) is 12.4. The van der Waals surface area contributed by atoms with E-state index in [1.807, 2.05) is 12.1 Å². The lowest BCUT2D eigenvalue weighted by Crippen LogP contribution is -2.16. The average Bonchev–Trinajstić information content (AvgIpc) is 2.20. The number of carbonyl (C=O) groups is 1. The molecule has 0 radical (unpaired) electrons. The van der Waals surface area contributed by atoms with Crippen LogP contribution >= 0.6 is 0 Å². The summed E-state index contributed by atoms with van der Waals surface area (Å²) in [5.74, 6) is 0.0724. The lowest BCUT2D eigenvalue weighted by atomic mass is 10.0. The summed E-state index contributed by atoms with van der Waals surface area (Å²) < 4.78 is 0. The van der Waals surface area contributed by atoms with Gasteiger partial charge < -0.3 is 10.2 Å². The van der Waals surface area contributed by atoms with Crippen molar-refractivity contribution < 1.29 is 15.0 Å². The number of benzene rings is 1. The molecule has 1 rings (SSSR count). The SMILES string of the molecule is CC(=O)C(O)CCCc1ccc(O)cc1. The van der Waals surface area contributed by atoms with Crippen LogP contribution in [-0.2, 0) is 11.2 Å². The fourth-order valence-electron chi connectivity index (χ4n) is 1.37. The van der Waals surface area contributed by atoms with Crippen molar-refractivity contribution in [2.45, 2.75) is 32.3 Å². The lowest BCUT2D eigenvalue weighted by molar-refractivity contribution is -0.125. The Bertz CT molecular complexity index is 316. The number of carbonyl (C=O) groups excluding carboxylic acids is 1. The predicted molar refractivity (Wildman–Crippen MR) is 57.7 cm³/mol. The smallest absolute Gasteiger partial charge is 0.158 e. The Balaban J connectivity index is 2.32. The number of phenolic OH excluding ortho intramolecular Hbond substituents is 1. The van der Waals surface area contributed by atoms with Gasteiger partial charge in [0.05, 0.1) is 0 Å². The molecule has 0 aromatic heterocycles. The largest absolute Gasteiger partial charge is 0.508 e. The van der Waals surface area contributed by atoms with Gasteiger partial charge in [-0.3, -0.25) is 4.79 Å².